The minimum Gasteiger partial charge on any atom is -0.377 e. The van der Waals surface area contributed by atoms with Crippen LogP contribution in [0.3, 0.4) is 0 Å². The predicted octanol–water partition coefficient (Wildman–Crippen LogP) is 4.49. The van der Waals surface area contributed by atoms with Gasteiger partial charge in [-0.25, -0.2) is 0 Å². The number of nitrogens with zero attached hydrogens (tertiary/aromatic N) is 4. The number of amidine groups is 1. The topological polar surface area (TPSA) is 119 Å². The molecule has 0 aliphatic carbocycles. The lowest BCUT2D eigenvalue weighted by Crippen LogP contribution is -2.33. The summed E-state index contributed by atoms with van der Waals surface area (Å²) < 4.78 is 0.707. The highest BCUT2D eigenvalue weighted by atomic mass is 35.5. The van der Waals surface area contributed by atoms with Crippen molar-refractivity contribution in [3.8, 4) is 10.6 Å². The molecule has 0 saturated heterocycles. The maximum Gasteiger partial charge on any atom is 0.270 e. The number of hydrazone groups is 1. The van der Waals surface area contributed by atoms with Crippen LogP contribution in [0.5, 0.6) is 0 Å². The molecule has 2 heterocycles. The Kier molecular flexibility index (Phi) is 5.90. The molecule has 8 nitrogen and oxygen atoms in total. The molecule has 2 aromatic carbocycles. The molecule has 1 aromatic heterocycles. The number of nitro benzene ring substituents is 1. The van der Waals surface area contributed by atoms with E-state index < -0.39 is 4.92 Å². The maximum absolute atomic E-state index is 11.0. The average molecular weight is 465 g/mol. The highest BCUT2D eigenvalue weighted by Crippen LogP contribution is 2.43. The second kappa shape index (κ2) is 8.57. The first-order chi connectivity index (χ1) is 14.0. The number of non-ortho nitro benzene ring substituents is 1. The van der Waals surface area contributed by atoms with Crippen LogP contribution >= 0.6 is 46.5 Å². The third-order valence-corrected chi connectivity index (χ3v) is 7.74. The second-order valence-electron chi connectivity index (χ2n) is 5.89. The van der Waals surface area contributed by atoms with Crippen LogP contribution < -0.4 is 11.2 Å². The van der Waals surface area contributed by atoms with Gasteiger partial charge in [0.05, 0.1) is 15.5 Å². The molecule has 3 N–H and O–H groups in total. The van der Waals surface area contributed by atoms with Crippen LogP contribution in [0.15, 0.2) is 58.0 Å². The van der Waals surface area contributed by atoms with Crippen LogP contribution in [0.4, 0.5) is 5.69 Å². The minimum atomic E-state index is -0.427. The number of nitrogens with two attached hydrogens (primary N) is 1. The molecular weight excluding hydrogens is 452 g/mol. The van der Waals surface area contributed by atoms with Gasteiger partial charge in [0.1, 0.15) is 5.01 Å². The molecular formula is C17H13ClN6O2S3. The van der Waals surface area contributed by atoms with Gasteiger partial charge >= 0.3 is 0 Å². The summed E-state index contributed by atoms with van der Waals surface area (Å²) >= 11 is 10.3. The van der Waals surface area contributed by atoms with Crippen molar-refractivity contribution in [1.29, 1.82) is 0 Å². The van der Waals surface area contributed by atoms with Gasteiger partial charge in [-0.05, 0) is 17.7 Å². The molecule has 4 rings (SSSR count). The summed E-state index contributed by atoms with van der Waals surface area (Å²) in [5.41, 5.74) is 10.7. The van der Waals surface area contributed by atoms with E-state index in [1.807, 2.05) is 24.3 Å². The molecule has 1 aliphatic heterocycles. The summed E-state index contributed by atoms with van der Waals surface area (Å²) in [6.45, 7) is 0. The van der Waals surface area contributed by atoms with E-state index in [4.69, 9.17) is 17.3 Å². The SMILES string of the molecule is NC1=NN[C@@H](c2ccc(Cl)cc2)[C@@H](Sc2nnc(-c3cccc([N+](=O)[O-])c3)s2)S1. The normalized spacial score (nSPS) is 18.7. The Morgan fingerprint density at radius 3 is 2.76 bits per heavy atom. The number of nitrogens with one attached hydrogen (secondary N) is 1. The molecule has 0 amide bonds. The number of halogens is 1. The van der Waals surface area contributed by atoms with E-state index in [0.29, 0.717) is 20.8 Å². The van der Waals surface area contributed by atoms with Crippen LogP contribution in [0.2, 0.25) is 5.02 Å². The van der Waals surface area contributed by atoms with Crippen molar-refractivity contribution in [2.24, 2.45) is 10.8 Å². The van der Waals surface area contributed by atoms with E-state index in [-0.39, 0.29) is 16.3 Å². The van der Waals surface area contributed by atoms with Crippen LogP contribution in [0, 0.1) is 10.1 Å². The van der Waals surface area contributed by atoms with Gasteiger partial charge in [-0.1, -0.05) is 70.7 Å². The fourth-order valence-corrected chi connectivity index (χ4v) is 6.35. The number of nitro groups is 1. The van der Waals surface area contributed by atoms with E-state index in [9.17, 15) is 10.1 Å². The van der Waals surface area contributed by atoms with E-state index in [0.717, 1.165) is 9.90 Å². The van der Waals surface area contributed by atoms with Crippen molar-refractivity contribution in [2.75, 3.05) is 0 Å². The van der Waals surface area contributed by atoms with Crippen LogP contribution in [0.25, 0.3) is 10.6 Å². The Balaban J connectivity index is 1.56. The highest BCUT2D eigenvalue weighted by molar-refractivity contribution is 8.25. The molecule has 2 atom stereocenters. The van der Waals surface area contributed by atoms with Gasteiger partial charge in [0.25, 0.3) is 5.69 Å². The first-order valence-corrected chi connectivity index (χ1v) is 11.2. The van der Waals surface area contributed by atoms with Gasteiger partial charge in [-0.15, -0.1) is 10.2 Å². The van der Waals surface area contributed by atoms with E-state index in [1.165, 1.54) is 47.0 Å². The van der Waals surface area contributed by atoms with Crippen molar-refractivity contribution < 1.29 is 4.92 Å². The van der Waals surface area contributed by atoms with Crippen molar-refractivity contribution in [3.05, 3.63) is 69.2 Å². The van der Waals surface area contributed by atoms with Crippen LogP contribution in [-0.2, 0) is 0 Å². The third kappa shape index (κ3) is 4.64. The minimum absolute atomic E-state index is 0.0192. The van der Waals surface area contributed by atoms with Gasteiger partial charge in [0.2, 0.25) is 0 Å². The number of hydrogen-bond donors (Lipinski definition) is 2. The smallest absolute Gasteiger partial charge is 0.270 e. The molecule has 1 aliphatic rings. The lowest BCUT2D eigenvalue weighted by molar-refractivity contribution is -0.384. The zero-order chi connectivity index (χ0) is 20.4. The van der Waals surface area contributed by atoms with E-state index >= 15 is 0 Å². The molecule has 0 bridgehead atoms. The third-order valence-electron chi connectivity index (χ3n) is 3.98. The number of thioether (sulfide) groups is 2. The summed E-state index contributed by atoms with van der Waals surface area (Å²) in [7, 11) is 0. The van der Waals surface area contributed by atoms with Gasteiger partial charge in [0.15, 0.2) is 9.51 Å². The van der Waals surface area contributed by atoms with E-state index in [2.05, 4.69) is 20.7 Å². The molecule has 0 fully saturated rings. The van der Waals surface area contributed by atoms with Crippen molar-refractivity contribution in [2.45, 2.75) is 15.0 Å². The number of rotatable bonds is 5. The Labute approximate surface area is 183 Å². The van der Waals surface area contributed by atoms with Gasteiger partial charge < -0.3 is 5.73 Å². The Hall–Kier alpha value is -2.34. The summed E-state index contributed by atoms with van der Waals surface area (Å²) in [6.07, 6.45) is 0. The summed E-state index contributed by atoms with van der Waals surface area (Å²) in [5.74, 6) is 0. The van der Waals surface area contributed by atoms with Crippen molar-refractivity contribution in [1.82, 2.24) is 15.6 Å². The molecule has 0 unspecified atom stereocenters. The first kappa shape index (κ1) is 20.0. The van der Waals surface area contributed by atoms with Crippen molar-refractivity contribution >= 4 is 57.3 Å². The number of hydrogen-bond acceptors (Lipinski definition) is 10. The quantitative estimate of drug-likeness (QED) is 0.418. The Bertz CT molecular complexity index is 1080. The molecule has 29 heavy (non-hydrogen) atoms. The van der Waals surface area contributed by atoms with Crippen LogP contribution in [0.1, 0.15) is 11.6 Å². The molecule has 0 saturated carbocycles. The predicted molar refractivity (Wildman–Crippen MR) is 118 cm³/mol. The van der Waals surface area contributed by atoms with E-state index in [1.54, 1.807) is 12.1 Å². The lowest BCUT2D eigenvalue weighted by Gasteiger charge is -2.29. The summed E-state index contributed by atoms with van der Waals surface area (Å²) in [5, 5.41) is 25.3. The zero-order valence-electron chi connectivity index (χ0n) is 14.6. The average Bonchev–Trinajstić information content (AvgIpc) is 3.18. The van der Waals surface area contributed by atoms with Gasteiger partial charge in [-0.3, -0.25) is 15.5 Å². The molecule has 0 spiro atoms. The lowest BCUT2D eigenvalue weighted by atomic mass is 10.1. The molecule has 0 radical (unpaired) electrons. The Morgan fingerprint density at radius 2 is 2.00 bits per heavy atom. The second-order valence-corrected chi connectivity index (χ2v) is 10.2. The zero-order valence-corrected chi connectivity index (χ0v) is 17.8. The molecule has 12 heteroatoms. The highest BCUT2D eigenvalue weighted by Gasteiger charge is 2.30. The number of aromatic nitrogens is 2. The maximum atomic E-state index is 11.0. The Morgan fingerprint density at radius 1 is 1.21 bits per heavy atom. The van der Waals surface area contributed by atoms with Crippen LogP contribution in [-0.4, -0.2) is 24.9 Å². The number of benzene rings is 2. The standard InChI is InChI=1S/C17H13ClN6O2S3/c18-11-6-4-9(5-7-11)13-15(28-16(19)22-20-13)29-17-23-21-14(27-17)10-2-1-3-12(8-10)24(25)26/h1-8,13,15,20H,(H2,19,22)/t13-,15+/m0/s1. The summed E-state index contributed by atoms with van der Waals surface area (Å²) in [6, 6.07) is 13.8. The fraction of sp³-hybridized carbons (Fsp3) is 0.118. The molecule has 3 aromatic rings. The molecule has 148 valence electrons. The summed E-state index contributed by atoms with van der Waals surface area (Å²) in [4.78, 5) is 10.6. The fourth-order valence-electron chi connectivity index (χ4n) is 2.63. The van der Waals surface area contributed by atoms with Crippen molar-refractivity contribution in [3.63, 3.8) is 0 Å². The first-order valence-electron chi connectivity index (χ1n) is 8.25. The van der Waals surface area contributed by atoms with Gasteiger partial charge in [0, 0.05) is 22.7 Å². The largest absolute Gasteiger partial charge is 0.377 e. The monoisotopic (exact) mass is 464 g/mol. The van der Waals surface area contributed by atoms with Gasteiger partial charge in [-0.2, -0.15) is 5.10 Å².